The van der Waals surface area contributed by atoms with E-state index in [2.05, 4.69) is 11.9 Å². The van der Waals surface area contributed by atoms with E-state index in [1.807, 2.05) is 6.92 Å². The highest BCUT2D eigenvalue weighted by molar-refractivity contribution is 5.70. The monoisotopic (exact) mass is 241 g/mol. The predicted octanol–water partition coefficient (Wildman–Crippen LogP) is 3.00. The molecule has 0 bridgehead atoms. The van der Waals surface area contributed by atoms with E-state index >= 15 is 0 Å². The molecule has 0 saturated heterocycles. The Kier molecular flexibility index (Phi) is 6.56. The molecule has 0 aromatic carbocycles. The molecule has 17 heavy (non-hydrogen) atoms. The summed E-state index contributed by atoms with van der Waals surface area (Å²) in [4.78, 5) is 13.1. The first-order valence-corrected chi connectivity index (χ1v) is 7.04. The average Bonchev–Trinajstić information content (AvgIpc) is 2.34. The van der Waals surface area contributed by atoms with Crippen molar-refractivity contribution >= 4 is 5.97 Å². The highest BCUT2D eigenvalue weighted by Crippen LogP contribution is 2.26. The minimum absolute atomic E-state index is 0.202. The van der Waals surface area contributed by atoms with Crippen molar-refractivity contribution < 1.29 is 9.90 Å². The third kappa shape index (κ3) is 5.53. The predicted molar refractivity (Wildman–Crippen MR) is 70.1 cm³/mol. The number of hydrogen-bond donors (Lipinski definition) is 1. The zero-order valence-corrected chi connectivity index (χ0v) is 11.3. The van der Waals surface area contributed by atoms with Gasteiger partial charge in [-0.3, -0.25) is 4.79 Å². The number of aliphatic carboxylic acids is 1. The summed E-state index contributed by atoms with van der Waals surface area (Å²) in [5, 5.41) is 9.01. The smallest absolute Gasteiger partial charge is 0.307 e. The van der Waals surface area contributed by atoms with Crippen LogP contribution in [0.2, 0.25) is 0 Å². The number of carbonyl (C=O) groups is 1. The third-order valence-corrected chi connectivity index (χ3v) is 4.02. The Balaban J connectivity index is 2.19. The highest BCUT2D eigenvalue weighted by Gasteiger charge is 2.18. The lowest BCUT2D eigenvalue weighted by Crippen LogP contribution is -2.31. The Morgan fingerprint density at radius 2 is 2.00 bits per heavy atom. The first-order chi connectivity index (χ1) is 8.13. The van der Waals surface area contributed by atoms with Crippen LogP contribution in [0.5, 0.6) is 0 Å². The molecule has 1 unspecified atom stereocenters. The van der Waals surface area contributed by atoms with Gasteiger partial charge in [-0.25, -0.2) is 0 Å². The van der Waals surface area contributed by atoms with Crippen LogP contribution in [0.3, 0.4) is 0 Å². The summed E-state index contributed by atoms with van der Waals surface area (Å²) >= 11 is 0. The van der Waals surface area contributed by atoms with E-state index in [0.717, 1.165) is 18.9 Å². The van der Waals surface area contributed by atoms with Crippen molar-refractivity contribution in [2.75, 3.05) is 20.1 Å². The molecule has 1 N–H and O–H groups in total. The summed E-state index contributed by atoms with van der Waals surface area (Å²) in [6.07, 6.45) is 8.91. The van der Waals surface area contributed by atoms with E-state index in [0.29, 0.717) is 6.54 Å². The van der Waals surface area contributed by atoms with Crippen molar-refractivity contribution in [2.45, 2.75) is 51.9 Å². The summed E-state index contributed by atoms with van der Waals surface area (Å²) in [5.74, 6) is 0.0273. The van der Waals surface area contributed by atoms with Gasteiger partial charge in [0.1, 0.15) is 0 Å². The van der Waals surface area contributed by atoms with Gasteiger partial charge in [-0.15, -0.1) is 0 Å². The van der Waals surface area contributed by atoms with Gasteiger partial charge in [0, 0.05) is 6.54 Å². The molecule has 100 valence electrons. The van der Waals surface area contributed by atoms with Crippen LogP contribution >= 0.6 is 0 Å². The first-order valence-electron chi connectivity index (χ1n) is 7.04. The number of nitrogens with zero attached hydrogens (tertiary/aromatic N) is 1. The number of carboxylic acids is 1. The molecule has 1 rings (SSSR count). The van der Waals surface area contributed by atoms with E-state index in [1.54, 1.807) is 0 Å². The second-order valence-electron chi connectivity index (χ2n) is 5.50. The minimum atomic E-state index is -0.656. The van der Waals surface area contributed by atoms with E-state index in [4.69, 9.17) is 5.11 Å². The fourth-order valence-corrected chi connectivity index (χ4v) is 2.73. The Morgan fingerprint density at radius 3 is 2.53 bits per heavy atom. The van der Waals surface area contributed by atoms with Gasteiger partial charge in [0.2, 0.25) is 0 Å². The maximum absolute atomic E-state index is 10.9. The molecule has 3 heteroatoms. The summed E-state index contributed by atoms with van der Waals surface area (Å²) in [5.41, 5.74) is 0. The van der Waals surface area contributed by atoms with Crippen molar-refractivity contribution in [3.8, 4) is 0 Å². The molecule has 0 aromatic heterocycles. The van der Waals surface area contributed by atoms with Gasteiger partial charge in [-0.2, -0.15) is 0 Å². The second-order valence-corrected chi connectivity index (χ2v) is 5.50. The van der Waals surface area contributed by atoms with Gasteiger partial charge < -0.3 is 10.0 Å². The standard InChI is InChI=1S/C14H27NO2/c1-3-13(14(16)17)11-15(2)10-9-12-7-5-4-6-8-12/h12-13H,3-11H2,1-2H3,(H,16,17). The SMILES string of the molecule is CCC(CN(C)CCC1CCCCC1)C(=O)O. The molecular formula is C14H27NO2. The molecule has 3 nitrogen and oxygen atoms in total. The van der Waals surface area contributed by atoms with Gasteiger partial charge in [-0.1, -0.05) is 39.0 Å². The van der Waals surface area contributed by atoms with Crippen LogP contribution in [0.15, 0.2) is 0 Å². The zero-order valence-electron chi connectivity index (χ0n) is 11.3. The Labute approximate surface area is 105 Å². The molecule has 0 spiro atoms. The van der Waals surface area contributed by atoms with Crippen LogP contribution < -0.4 is 0 Å². The minimum Gasteiger partial charge on any atom is -0.481 e. The maximum Gasteiger partial charge on any atom is 0.307 e. The number of hydrogen-bond acceptors (Lipinski definition) is 2. The molecule has 0 heterocycles. The van der Waals surface area contributed by atoms with Crippen LogP contribution in [0.25, 0.3) is 0 Å². The average molecular weight is 241 g/mol. The normalized spacial score (nSPS) is 19.5. The molecule has 1 fully saturated rings. The third-order valence-electron chi connectivity index (χ3n) is 4.02. The van der Waals surface area contributed by atoms with Crippen molar-refractivity contribution in [3.05, 3.63) is 0 Å². The van der Waals surface area contributed by atoms with E-state index in [1.165, 1.54) is 38.5 Å². The molecule has 0 radical (unpaired) electrons. The van der Waals surface area contributed by atoms with Crippen LogP contribution in [0, 0.1) is 11.8 Å². The van der Waals surface area contributed by atoms with E-state index in [-0.39, 0.29) is 5.92 Å². The van der Waals surface area contributed by atoms with Crippen LogP contribution in [0.4, 0.5) is 0 Å². The molecular weight excluding hydrogens is 214 g/mol. The lowest BCUT2D eigenvalue weighted by atomic mass is 9.87. The van der Waals surface area contributed by atoms with Crippen LogP contribution in [-0.4, -0.2) is 36.1 Å². The maximum atomic E-state index is 10.9. The summed E-state index contributed by atoms with van der Waals surface area (Å²) in [7, 11) is 2.05. The van der Waals surface area contributed by atoms with Crippen molar-refractivity contribution in [3.63, 3.8) is 0 Å². The van der Waals surface area contributed by atoms with Gasteiger partial charge in [-0.05, 0) is 32.4 Å². The molecule has 1 saturated carbocycles. The quantitative estimate of drug-likeness (QED) is 0.745. The fraction of sp³-hybridized carbons (Fsp3) is 0.929. The molecule has 0 aromatic rings. The Morgan fingerprint density at radius 1 is 1.35 bits per heavy atom. The molecule has 1 aliphatic carbocycles. The number of rotatable bonds is 7. The topological polar surface area (TPSA) is 40.5 Å². The van der Waals surface area contributed by atoms with Crippen molar-refractivity contribution in [2.24, 2.45) is 11.8 Å². The first kappa shape index (κ1) is 14.5. The largest absolute Gasteiger partial charge is 0.481 e. The molecule has 1 atom stereocenters. The zero-order chi connectivity index (χ0) is 12.7. The lowest BCUT2D eigenvalue weighted by molar-refractivity contribution is -0.142. The molecule has 1 aliphatic rings. The lowest BCUT2D eigenvalue weighted by Gasteiger charge is -2.25. The van der Waals surface area contributed by atoms with Crippen LogP contribution in [-0.2, 0) is 4.79 Å². The Hall–Kier alpha value is -0.570. The van der Waals surface area contributed by atoms with Gasteiger partial charge in [0.15, 0.2) is 0 Å². The van der Waals surface area contributed by atoms with E-state index in [9.17, 15) is 4.79 Å². The summed E-state index contributed by atoms with van der Waals surface area (Å²) in [6, 6.07) is 0. The van der Waals surface area contributed by atoms with Crippen molar-refractivity contribution in [1.29, 1.82) is 0 Å². The highest BCUT2D eigenvalue weighted by atomic mass is 16.4. The summed E-state index contributed by atoms with van der Waals surface area (Å²) in [6.45, 7) is 3.70. The number of carboxylic acid groups (broad SMARTS) is 1. The van der Waals surface area contributed by atoms with Gasteiger partial charge in [0.25, 0.3) is 0 Å². The van der Waals surface area contributed by atoms with Gasteiger partial charge in [0.05, 0.1) is 5.92 Å². The summed E-state index contributed by atoms with van der Waals surface area (Å²) < 4.78 is 0. The Bertz CT molecular complexity index is 224. The second kappa shape index (κ2) is 7.70. The fourth-order valence-electron chi connectivity index (χ4n) is 2.73. The molecule has 0 amide bonds. The van der Waals surface area contributed by atoms with Gasteiger partial charge >= 0.3 is 5.97 Å². The van der Waals surface area contributed by atoms with Crippen LogP contribution in [0.1, 0.15) is 51.9 Å². The van der Waals surface area contributed by atoms with Crippen molar-refractivity contribution in [1.82, 2.24) is 4.90 Å². The molecule has 0 aliphatic heterocycles. The van der Waals surface area contributed by atoms with E-state index < -0.39 is 5.97 Å².